The van der Waals surface area contributed by atoms with Crippen LogP contribution in [-0.2, 0) is 0 Å². The number of pyridine rings is 2. The second-order valence-electron chi connectivity index (χ2n) is 8.26. The summed E-state index contributed by atoms with van der Waals surface area (Å²) in [6, 6.07) is 11.7. The molecule has 0 unspecified atom stereocenters. The summed E-state index contributed by atoms with van der Waals surface area (Å²) in [5, 5.41) is 7.84. The van der Waals surface area contributed by atoms with Crippen molar-refractivity contribution in [3.05, 3.63) is 64.1 Å². The van der Waals surface area contributed by atoms with E-state index in [1.54, 1.807) is 29.1 Å². The molecule has 7 nitrogen and oxygen atoms in total. The maximum absolute atomic E-state index is 12.8. The van der Waals surface area contributed by atoms with Crippen molar-refractivity contribution in [2.75, 3.05) is 18.4 Å². The molecule has 0 aliphatic carbocycles. The zero-order valence-electron chi connectivity index (χ0n) is 18.0. The Bertz CT molecular complexity index is 1050. The molecule has 0 saturated carbocycles. The molecular weight excluding hydrogens is 456 g/mol. The number of nitrogens with one attached hydrogen (secondary N) is 1. The van der Waals surface area contributed by atoms with Crippen molar-refractivity contribution in [1.82, 2.24) is 24.6 Å². The molecule has 1 saturated heterocycles. The van der Waals surface area contributed by atoms with E-state index in [9.17, 15) is 4.79 Å². The first-order valence-electron chi connectivity index (χ1n) is 10.6. The maximum atomic E-state index is 12.8. The quantitative estimate of drug-likeness (QED) is 0.538. The SMILES string of the molecule is Cc1ccc(-n2nc(C3CCN(C(C)C)CC3)cc2NC(=O)c2cccc(Br)n2)nc1. The summed E-state index contributed by atoms with van der Waals surface area (Å²) in [4.78, 5) is 24.1. The first-order valence-corrected chi connectivity index (χ1v) is 11.4. The molecule has 4 heterocycles. The summed E-state index contributed by atoms with van der Waals surface area (Å²) in [7, 11) is 0. The molecule has 1 aliphatic heterocycles. The average molecular weight is 483 g/mol. The monoisotopic (exact) mass is 482 g/mol. The van der Waals surface area contributed by atoms with Crippen molar-refractivity contribution >= 4 is 27.7 Å². The third kappa shape index (κ3) is 5.02. The normalized spacial score (nSPS) is 15.4. The summed E-state index contributed by atoms with van der Waals surface area (Å²) >= 11 is 3.32. The Labute approximate surface area is 191 Å². The lowest BCUT2D eigenvalue weighted by atomic mass is 9.93. The van der Waals surface area contributed by atoms with Crippen LogP contribution < -0.4 is 5.32 Å². The van der Waals surface area contributed by atoms with Crippen LogP contribution in [0, 0.1) is 6.92 Å². The smallest absolute Gasteiger partial charge is 0.275 e. The highest BCUT2D eigenvalue weighted by Gasteiger charge is 2.26. The van der Waals surface area contributed by atoms with Gasteiger partial charge < -0.3 is 10.2 Å². The van der Waals surface area contributed by atoms with Crippen molar-refractivity contribution in [2.24, 2.45) is 0 Å². The van der Waals surface area contributed by atoms with Crippen LogP contribution in [0.1, 0.15) is 54.4 Å². The zero-order chi connectivity index (χ0) is 22.0. The summed E-state index contributed by atoms with van der Waals surface area (Å²) in [6.45, 7) is 8.59. The highest BCUT2D eigenvalue weighted by Crippen LogP contribution is 2.30. The Kier molecular flexibility index (Phi) is 6.48. The van der Waals surface area contributed by atoms with E-state index in [2.05, 4.69) is 50.0 Å². The summed E-state index contributed by atoms with van der Waals surface area (Å²) in [5.41, 5.74) is 2.40. The number of amides is 1. The highest BCUT2D eigenvalue weighted by molar-refractivity contribution is 9.10. The first kappa shape index (κ1) is 21.6. The van der Waals surface area contributed by atoms with Gasteiger partial charge in [0.15, 0.2) is 5.82 Å². The summed E-state index contributed by atoms with van der Waals surface area (Å²) in [5.74, 6) is 1.36. The number of carbonyl (C=O) groups excluding carboxylic acids is 1. The fraction of sp³-hybridized carbons (Fsp3) is 0.391. The Morgan fingerprint density at radius 1 is 1.19 bits per heavy atom. The number of anilines is 1. The van der Waals surface area contributed by atoms with E-state index in [1.165, 1.54) is 0 Å². The minimum absolute atomic E-state index is 0.282. The van der Waals surface area contributed by atoms with E-state index in [0.29, 0.717) is 33.9 Å². The van der Waals surface area contributed by atoms with Gasteiger partial charge in [-0.25, -0.2) is 9.97 Å². The van der Waals surface area contributed by atoms with Crippen LogP contribution in [0.4, 0.5) is 5.82 Å². The topological polar surface area (TPSA) is 75.9 Å². The molecule has 8 heteroatoms. The van der Waals surface area contributed by atoms with Crippen LogP contribution in [0.5, 0.6) is 0 Å². The number of likely N-dealkylation sites (tertiary alicyclic amines) is 1. The van der Waals surface area contributed by atoms with Crippen molar-refractivity contribution < 1.29 is 4.79 Å². The second-order valence-corrected chi connectivity index (χ2v) is 9.08. The Morgan fingerprint density at radius 3 is 2.61 bits per heavy atom. The number of piperidine rings is 1. The Hall–Kier alpha value is -2.58. The number of hydrogen-bond acceptors (Lipinski definition) is 5. The van der Waals surface area contributed by atoms with Crippen LogP contribution in [0.25, 0.3) is 5.82 Å². The Balaban J connectivity index is 1.63. The van der Waals surface area contributed by atoms with Gasteiger partial charge in [-0.1, -0.05) is 12.1 Å². The van der Waals surface area contributed by atoms with Gasteiger partial charge in [-0.3, -0.25) is 4.79 Å². The van der Waals surface area contributed by atoms with Crippen molar-refractivity contribution in [3.63, 3.8) is 0 Å². The van der Waals surface area contributed by atoms with E-state index < -0.39 is 0 Å². The van der Waals surface area contributed by atoms with Crippen LogP contribution in [0.2, 0.25) is 0 Å². The van der Waals surface area contributed by atoms with Crippen LogP contribution in [0.3, 0.4) is 0 Å². The molecule has 3 aromatic heterocycles. The third-order valence-electron chi connectivity index (χ3n) is 5.71. The van der Waals surface area contributed by atoms with E-state index in [-0.39, 0.29) is 5.91 Å². The number of aromatic nitrogens is 4. The number of carbonyl (C=O) groups is 1. The molecule has 1 N–H and O–H groups in total. The molecule has 31 heavy (non-hydrogen) atoms. The molecule has 1 amide bonds. The van der Waals surface area contributed by atoms with Crippen LogP contribution in [-0.4, -0.2) is 49.7 Å². The van der Waals surface area contributed by atoms with Gasteiger partial charge in [0.1, 0.15) is 16.1 Å². The minimum Gasteiger partial charge on any atom is -0.305 e. The summed E-state index contributed by atoms with van der Waals surface area (Å²) in [6.07, 6.45) is 3.91. The predicted octanol–water partition coefficient (Wildman–Crippen LogP) is 4.57. The Morgan fingerprint density at radius 2 is 1.97 bits per heavy atom. The summed E-state index contributed by atoms with van der Waals surface area (Å²) < 4.78 is 2.34. The molecule has 0 radical (unpaired) electrons. The van der Waals surface area contributed by atoms with Gasteiger partial charge in [-0.15, -0.1) is 0 Å². The lowest BCUT2D eigenvalue weighted by Gasteiger charge is -2.33. The lowest BCUT2D eigenvalue weighted by molar-refractivity contribution is 0.102. The number of hydrogen-bond donors (Lipinski definition) is 1. The van der Waals surface area contributed by atoms with Crippen molar-refractivity contribution in [1.29, 1.82) is 0 Å². The fourth-order valence-electron chi connectivity index (χ4n) is 3.87. The number of nitrogens with zero attached hydrogens (tertiary/aromatic N) is 5. The van der Waals surface area contributed by atoms with Crippen molar-refractivity contribution in [2.45, 2.75) is 45.6 Å². The standard InChI is InChI=1S/C23H27BrN6O/c1-15(2)29-11-9-17(10-12-29)19-13-22(27-23(31)18-5-4-6-20(24)26-18)30(28-19)21-8-7-16(3)14-25-21/h4-8,13-15,17H,9-12H2,1-3H3,(H,27,31). The molecule has 0 bridgehead atoms. The largest absolute Gasteiger partial charge is 0.305 e. The van der Waals surface area contributed by atoms with Gasteiger partial charge in [0.25, 0.3) is 5.91 Å². The molecule has 4 rings (SSSR count). The molecule has 0 spiro atoms. The zero-order valence-corrected chi connectivity index (χ0v) is 19.6. The molecular formula is C23H27BrN6O. The lowest BCUT2D eigenvalue weighted by Crippen LogP contribution is -2.37. The van der Waals surface area contributed by atoms with Crippen molar-refractivity contribution in [3.8, 4) is 5.82 Å². The van der Waals surface area contributed by atoms with Gasteiger partial charge in [0.05, 0.1) is 5.69 Å². The number of aryl methyl sites for hydroxylation is 1. The fourth-order valence-corrected chi connectivity index (χ4v) is 4.22. The highest BCUT2D eigenvalue weighted by atomic mass is 79.9. The second kappa shape index (κ2) is 9.28. The van der Waals surface area contributed by atoms with E-state index in [1.807, 2.05) is 25.1 Å². The van der Waals surface area contributed by atoms with Gasteiger partial charge in [-0.2, -0.15) is 9.78 Å². The molecule has 0 aromatic carbocycles. The first-order chi connectivity index (χ1) is 14.9. The van der Waals surface area contributed by atoms with Gasteiger partial charge >= 0.3 is 0 Å². The number of rotatable bonds is 5. The maximum Gasteiger partial charge on any atom is 0.275 e. The third-order valence-corrected chi connectivity index (χ3v) is 6.15. The molecule has 0 atom stereocenters. The van der Waals surface area contributed by atoms with Crippen LogP contribution >= 0.6 is 15.9 Å². The van der Waals surface area contributed by atoms with Gasteiger partial charge in [0, 0.05) is 24.2 Å². The predicted molar refractivity (Wildman–Crippen MR) is 125 cm³/mol. The van der Waals surface area contributed by atoms with Gasteiger partial charge in [0.2, 0.25) is 0 Å². The van der Waals surface area contributed by atoms with Gasteiger partial charge in [-0.05, 0) is 86.4 Å². The van der Waals surface area contributed by atoms with E-state index in [0.717, 1.165) is 37.2 Å². The molecule has 162 valence electrons. The average Bonchev–Trinajstić information content (AvgIpc) is 3.18. The van der Waals surface area contributed by atoms with Crippen LogP contribution in [0.15, 0.2) is 47.2 Å². The van der Waals surface area contributed by atoms with E-state index in [4.69, 9.17) is 5.10 Å². The van der Waals surface area contributed by atoms with E-state index >= 15 is 0 Å². The molecule has 1 fully saturated rings. The minimum atomic E-state index is -0.282. The number of halogens is 1. The molecule has 3 aromatic rings. The molecule has 1 aliphatic rings.